The lowest BCUT2D eigenvalue weighted by molar-refractivity contribution is 0.0468. The molecule has 3 rings (SSSR count). The van der Waals surface area contributed by atoms with Gasteiger partial charge in [-0.3, -0.25) is 9.59 Å². The summed E-state index contributed by atoms with van der Waals surface area (Å²) < 4.78 is 6.51. The highest BCUT2D eigenvalue weighted by Gasteiger charge is 2.19. The Labute approximate surface area is 173 Å². The number of nitrogens with zero attached hydrogens (tertiary/aromatic N) is 2. The first kappa shape index (κ1) is 20.7. The monoisotopic (exact) mass is 412 g/mol. The van der Waals surface area contributed by atoms with Crippen LogP contribution in [0, 0.1) is 0 Å². The van der Waals surface area contributed by atoms with Gasteiger partial charge in [-0.05, 0) is 36.8 Å². The number of Topliss-reactive ketones (excluding diaryl/α,β-unsaturated/α-hetero) is 1. The Hall–Kier alpha value is -2.99. The molecule has 0 aliphatic heterocycles. The molecular weight excluding hydrogens is 392 g/mol. The molecule has 0 unspecified atom stereocenters. The third-order valence-electron chi connectivity index (χ3n) is 4.54. The van der Waals surface area contributed by atoms with Gasteiger partial charge in [0.25, 0.3) is 5.56 Å². The van der Waals surface area contributed by atoms with Crippen LogP contribution in [0.4, 0.5) is 0 Å². The second-order valence-corrected chi connectivity index (χ2v) is 7.07. The smallest absolute Gasteiger partial charge is 0.359 e. The van der Waals surface area contributed by atoms with Gasteiger partial charge in [-0.25, -0.2) is 9.48 Å². The van der Waals surface area contributed by atoms with E-state index in [1.165, 1.54) is 4.68 Å². The number of benzene rings is 2. The van der Waals surface area contributed by atoms with Crippen LogP contribution in [0.25, 0.3) is 10.8 Å². The Morgan fingerprint density at radius 2 is 1.72 bits per heavy atom. The quantitative estimate of drug-likeness (QED) is 0.313. The average molecular weight is 413 g/mol. The number of aromatic nitrogens is 2. The van der Waals surface area contributed by atoms with Crippen LogP contribution in [0.15, 0.2) is 53.3 Å². The number of hydrogen-bond donors (Lipinski definition) is 0. The van der Waals surface area contributed by atoms with Crippen molar-refractivity contribution in [2.75, 3.05) is 6.61 Å². The number of aryl methyl sites for hydroxylation is 1. The third kappa shape index (κ3) is 4.90. The zero-order valence-electron chi connectivity index (χ0n) is 16.1. The van der Waals surface area contributed by atoms with Crippen LogP contribution in [0.5, 0.6) is 0 Å². The van der Waals surface area contributed by atoms with Crippen molar-refractivity contribution in [3.05, 3.63) is 75.2 Å². The summed E-state index contributed by atoms with van der Waals surface area (Å²) in [5.41, 5.74) is 0.177. The molecule has 150 valence electrons. The first-order chi connectivity index (χ1) is 14.0. The zero-order chi connectivity index (χ0) is 20.8. The maximum Gasteiger partial charge on any atom is 0.359 e. The Morgan fingerprint density at radius 1 is 1.03 bits per heavy atom. The summed E-state index contributed by atoms with van der Waals surface area (Å²) in [6, 6.07) is 13.1. The summed E-state index contributed by atoms with van der Waals surface area (Å²) in [6.07, 6.45) is 2.74. The van der Waals surface area contributed by atoms with E-state index in [-0.39, 0.29) is 17.0 Å². The lowest BCUT2D eigenvalue weighted by atomic mass is 10.1. The van der Waals surface area contributed by atoms with E-state index >= 15 is 0 Å². The van der Waals surface area contributed by atoms with Crippen molar-refractivity contribution in [3.8, 4) is 0 Å². The summed E-state index contributed by atoms with van der Waals surface area (Å²) in [7, 11) is 0. The number of esters is 1. The zero-order valence-corrected chi connectivity index (χ0v) is 16.8. The standard InChI is InChI=1S/C22H21ClN2O4/c1-2-3-6-13-25-21(27)18-8-5-4-7-17(18)20(24-25)22(28)29-14-19(26)15-9-11-16(23)12-10-15/h4-5,7-12H,2-3,6,13-14H2,1H3. The molecule has 29 heavy (non-hydrogen) atoms. The molecule has 7 heteroatoms. The van der Waals surface area contributed by atoms with Crippen molar-refractivity contribution in [3.63, 3.8) is 0 Å². The van der Waals surface area contributed by atoms with Crippen molar-refractivity contribution in [2.45, 2.75) is 32.7 Å². The number of carbonyl (C=O) groups is 2. The van der Waals surface area contributed by atoms with E-state index < -0.39 is 12.6 Å². The predicted octanol–water partition coefficient (Wildman–Crippen LogP) is 4.28. The summed E-state index contributed by atoms with van der Waals surface area (Å²) >= 11 is 5.82. The minimum Gasteiger partial charge on any atom is -0.452 e. The van der Waals surface area contributed by atoms with Crippen molar-refractivity contribution >= 4 is 34.1 Å². The van der Waals surface area contributed by atoms with Crippen LogP contribution >= 0.6 is 11.6 Å². The molecule has 0 radical (unpaired) electrons. The Balaban J connectivity index is 1.84. The largest absolute Gasteiger partial charge is 0.452 e. The number of hydrogen-bond acceptors (Lipinski definition) is 5. The molecule has 1 heterocycles. The molecular formula is C22H21ClN2O4. The van der Waals surface area contributed by atoms with Crippen molar-refractivity contribution in [1.82, 2.24) is 9.78 Å². The van der Waals surface area contributed by atoms with Gasteiger partial charge in [0.15, 0.2) is 18.1 Å². The molecule has 0 saturated heterocycles. The van der Waals surface area contributed by atoms with Gasteiger partial charge in [0.2, 0.25) is 0 Å². The topological polar surface area (TPSA) is 78.3 Å². The van der Waals surface area contributed by atoms with Gasteiger partial charge < -0.3 is 4.74 Å². The maximum absolute atomic E-state index is 12.7. The van der Waals surface area contributed by atoms with Gasteiger partial charge in [0.05, 0.1) is 5.39 Å². The fraction of sp³-hybridized carbons (Fsp3) is 0.273. The minimum atomic E-state index is -0.743. The normalized spacial score (nSPS) is 10.8. The Bertz CT molecular complexity index is 1090. The second-order valence-electron chi connectivity index (χ2n) is 6.64. The number of carbonyl (C=O) groups excluding carboxylic acids is 2. The van der Waals surface area contributed by atoms with Crippen molar-refractivity contribution in [1.29, 1.82) is 0 Å². The van der Waals surface area contributed by atoms with Crippen molar-refractivity contribution < 1.29 is 14.3 Å². The van der Waals surface area contributed by atoms with Gasteiger partial charge in [-0.1, -0.05) is 49.6 Å². The molecule has 1 aromatic heterocycles. The SMILES string of the molecule is CCCCCn1nc(C(=O)OCC(=O)c2ccc(Cl)cc2)c2ccccc2c1=O. The number of rotatable bonds is 8. The minimum absolute atomic E-state index is 0.0283. The van der Waals surface area contributed by atoms with E-state index in [0.29, 0.717) is 27.9 Å². The molecule has 0 atom stereocenters. The van der Waals surface area contributed by atoms with E-state index in [1.54, 1.807) is 48.5 Å². The van der Waals surface area contributed by atoms with Gasteiger partial charge in [-0.15, -0.1) is 0 Å². The summed E-state index contributed by atoms with van der Waals surface area (Å²) in [6.45, 7) is 2.06. The number of unbranched alkanes of at least 4 members (excludes halogenated alkanes) is 2. The van der Waals surface area contributed by atoms with E-state index in [2.05, 4.69) is 12.0 Å². The summed E-state index contributed by atoms with van der Waals surface area (Å²) in [5, 5.41) is 5.56. The molecule has 0 spiro atoms. The molecule has 0 fully saturated rings. The van der Waals surface area contributed by atoms with E-state index in [1.807, 2.05) is 0 Å². The molecule has 6 nitrogen and oxygen atoms in total. The first-order valence-corrected chi connectivity index (χ1v) is 9.84. The Morgan fingerprint density at radius 3 is 2.41 bits per heavy atom. The summed E-state index contributed by atoms with van der Waals surface area (Å²) in [5.74, 6) is -1.09. The average Bonchev–Trinajstić information content (AvgIpc) is 2.74. The molecule has 0 amide bonds. The lowest BCUT2D eigenvalue weighted by Gasteiger charge is -2.10. The summed E-state index contributed by atoms with van der Waals surface area (Å²) in [4.78, 5) is 37.6. The highest BCUT2D eigenvalue weighted by molar-refractivity contribution is 6.30. The fourth-order valence-electron chi connectivity index (χ4n) is 2.97. The molecule has 0 bridgehead atoms. The highest BCUT2D eigenvalue weighted by atomic mass is 35.5. The van der Waals surface area contributed by atoms with Crippen LogP contribution in [-0.2, 0) is 11.3 Å². The van der Waals surface area contributed by atoms with Crippen LogP contribution < -0.4 is 5.56 Å². The van der Waals surface area contributed by atoms with Crippen LogP contribution in [0.1, 0.15) is 47.0 Å². The van der Waals surface area contributed by atoms with Crippen LogP contribution in [-0.4, -0.2) is 28.1 Å². The predicted molar refractivity (Wildman–Crippen MR) is 112 cm³/mol. The van der Waals surface area contributed by atoms with Crippen LogP contribution in [0.3, 0.4) is 0 Å². The van der Waals surface area contributed by atoms with Crippen LogP contribution in [0.2, 0.25) is 5.02 Å². The number of ether oxygens (including phenoxy) is 1. The first-order valence-electron chi connectivity index (χ1n) is 9.47. The molecule has 3 aromatic rings. The fourth-order valence-corrected chi connectivity index (χ4v) is 3.09. The Kier molecular flexibility index (Phi) is 6.77. The highest BCUT2D eigenvalue weighted by Crippen LogP contribution is 2.15. The molecule has 0 aliphatic rings. The second kappa shape index (κ2) is 9.47. The number of ketones is 1. The van der Waals surface area contributed by atoms with E-state index in [9.17, 15) is 14.4 Å². The molecule has 2 aromatic carbocycles. The van der Waals surface area contributed by atoms with Gasteiger partial charge in [0.1, 0.15) is 0 Å². The van der Waals surface area contributed by atoms with Crippen molar-refractivity contribution in [2.24, 2.45) is 0 Å². The molecule has 0 N–H and O–H groups in total. The van der Waals surface area contributed by atoms with E-state index in [4.69, 9.17) is 16.3 Å². The van der Waals surface area contributed by atoms with E-state index in [0.717, 1.165) is 19.3 Å². The van der Waals surface area contributed by atoms with Gasteiger partial charge >= 0.3 is 5.97 Å². The molecule has 0 aliphatic carbocycles. The van der Waals surface area contributed by atoms with Gasteiger partial charge in [-0.2, -0.15) is 5.10 Å². The number of halogens is 1. The third-order valence-corrected chi connectivity index (χ3v) is 4.79. The molecule has 0 saturated carbocycles. The number of fused-ring (bicyclic) bond motifs is 1. The lowest BCUT2D eigenvalue weighted by Crippen LogP contribution is -2.27. The van der Waals surface area contributed by atoms with Gasteiger partial charge in [0, 0.05) is 22.5 Å². The maximum atomic E-state index is 12.7.